The maximum atomic E-state index is 12.8. The van der Waals surface area contributed by atoms with Crippen LogP contribution in [0.15, 0.2) is 61.4 Å². The fourth-order valence-corrected chi connectivity index (χ4v) is 2.85. The van der Waals surface area contributed by atoms with Crippen LogP contribution < -0.4 is 10.2 Å². The maximum Gasteiger partial charge on any atom is 0.251 e. The van der Waals surface area contributed by atoms with Gasteiger partial charge in [0, 0.05) is 30.2 Å². The molecule has 27 heavy (non-hydrogen) atoms. The number of nitrogens with zero attached hydrogens (tertiary/aromatic N) is 2. The zero-order chi connectivity index (χ0) is 20.0. The Hall–Kier alpha value is -2.95. The number of pyridine rings is 1. The van der Waals surface area contributed by atoms with Crippen molar-refractivity contribution in [2.75, 3.05) is 11.4 Å². The predicted molar refractivity (Wildman–Crippen MR) is 108 cm³/mol. The van der Waals surface area contributed by atoms with Gasteiger partial charge < -0.3 is 5.32 Å². The lowest BCUT2D eigenvalue weighted by Gasteiger charge is -2.31. The van der Waals surface area contributed by atoms with Gasteiger partial charge in [-0.3, -0.25) is 19.5 Å². The summed E-state index contributed by atoms with van der Waals surface area (Å²) in [5.41, 5.74) is 2.41. The van der Waals surface area contributed by atoms with Gasteiger partial charge in [-0.25, -0.2) is 0 Å². The van der Waals surface area contributed by atoms with Crippen molar-refractivity contribution < 1.29 is 9.59 Å². The summed E-state index contributed by atoms with van der Waals surface area (Å²) in [4.78, 5) is 31.1. The highest BCUT2D eigenvalue weighted by molar-refractivity contribution is 6.06. The van der Waals surface area contributed by atoms with Gasteiger partial charge in [0.05, 0.1) is 0 Å². The number of hydrogen-bond acceptors (Lipinski definition) is 3. The van der Waals surface area contributed by atoms with E-state index in [1.807, 2.05) is 31.2 Å². The minimum atomic E-state index is -0.829. The summed E-state index contributed by atoms with van der Waals surface area (Å²) < 4.78 is 0. The van der Waals surface area contributed by atoms with Crippen LogP contribution >= 0.6 is 0 Å². The van der Waals surface area contributed by atoms with Gasteiger partial charge in [-0.15, -0.1) is 0 Å². The molecule has 0 aliphatic heterocycles. The summed E-state index contributed by atoms with van der Waals surface area (Å²) in [6, 6.07) is 10.4. The molecule has 2 rings (SSSR count). The largest absolute Gasteiger partial charge is 0.354 e. The van der Waals surface area contributed by atoms with Gasteiger partial charge in [0.1, 0.15) is 6.04 Å². The Balaban J connectivity index is 2.56. The average Bonchev–Trinajstić information content (AvgIpc) is 2.65. The molecule has 0 saturated heterocycles. The highest BCUT2D eigenvalue weighted by Gasteiger charge is 2.31. The number of benzene rings is 1. The van der Waals surface area contributed by atoms with Crippen LogP contribution in [0.25, 0.3) is 0 Å². The van der Waals surface area contributed by atoms with Gasteiger partial charge in [-0.1, -0.05) is 45.5 Å². The molecule has 0 aliphatic carbocycles. The minimum absolute atomic E-state index is 0.00581. The monoisotopic (exact) mass is 365 g/mol. The van der Waals surface area contributed by atoms with Crippen LogP contribution in [-0.2, 0) is 15.0 Å². The molecule has 0 fully saturated rings. The second kappa shape index (κ2) is 8.62. The van der Waals surface area contributed by atoms with Crippen LogP contribution in [-0.4, -0.2) is 23.3 Å². The molecule has 1 atom stereocenters. The van der Waals surface area contributed by atoms with Crippen molar-refractivity contribution in [2.24, 2.45) is 0 Å². The van der Waals surface area contributed by atoms with E-state index in [0.29, 0.717) is 17.8 Å². The predicted octanol–water partition coefficient (Wildman–Crippen LogP) is 3.78. The summed E-state index contributed by atoms with van der Waals surface area (Å²) in [5, 5.41) is 2.81. The van der Waals surface area contributed by atoms with E-state index in [9.17, 15) is 9.59 Å². The second-order valence-electron chi connectivity index (χ2n) is 7.29. The molecule has 0 saturated carbocycles. The van der Waals surface area contributed by atoms with Gasteiger partial charge in [-0.05, 0) is 42.2 Å². The molecule has 1 N–H and O–H groups in total. The Labute approximate surface area is 161 Å². The number of carbonyl (C=O) groups is 2. The SMILES string of the molecule is C=CC(=O)N(c1ccc(C(C)(C)C)cc1)C(C(=O)NCC)c1cccnc1. The van der Waals surface area contributed by atoms with Crippen molar-refractivity contribution in [1.82, 2.24) is 10.3 Å². The third-order valence-corrected chi connectivity index (χ3v) is 4.28. The van der Waals surface area contributed by atoms with Crippen molar-refractivity contribution in [1.29, 1.82) is 0 Å². The first kappa shape index (κ1) is 20.4. The lowest BCUT2D eigenvalue weighted by molar-refractivity contribution is -0.125. The molecule has 1 aromatic carbocycles. The molecular formula is C22H27N3O2. The summed E-state index contributed by atoms with van der Waals surface area (Å²) in [7, 11) is 0. The van der Waals surface area contributed by atoms with E-state index < -0.39 is 6.04 Å². The summed E-state index contributed by atoms with van der Waals surface area (Å²) in [6.07, 6.45) is 4.46. The van der Waals surface area contributed by atoms with Gasteiger partial charge in [0.25, 0.3) is 5.91 Å². The number of hydrogen-bond donors (Lipinski definition) is 1. The maximum absolute atomic E-state index is 12.8. The van der Waals surface area contributed by atoms with E-state index in [0.717, 1.165) is 5.56 Å². The molecule has 2 amide bonds. The smallest absolute Gasteiger partial charge is 0.251 e. The molecule has 5 heteroatoms. The topological polar surface area (TPSA) is 62.3 Å². The zero-order valence-electron chi connectivity index (χ0n) is 16.4. The Kier molecular flexibility index (Phi) is 6.50. The number of aromatic nitrogens is 1. The zero-order valence-corrected chi connectivity index (χ0v) is 16.4. The first-order chi connectivity index (χ1) is 12.8. The van der Waals surface area contributed by atoms with Gasteiger partial charge >= 0.3 is 0 Å². The second-order valence-corrected chi connectivity index (χ2v) is 7.29. The first-order valence-electron chi connectivity index (χ1n) is 9.03. The quantitative estimate of drug-likeness (QED) is 0.793. The van der Waals surface area contributed by atoms with E-state index in [4.69, 9.17) is 0 Å². The molecule has 0 radical (unpaired) electrons. The van der Waals surface area contributed by atoms with Gasteiger partial charge in [0.15, 0.2) is 0 Å². The summed E-state index contributed by atoms with van der Waals surface area (Å²) in [6.45, 7) is 12.3. The third-order valence-electron chi connectivity index (χ3n) is 4.28. The van der Waals surface area contributed by atoms with Gasteiger partial charge in [0.2, 0.25) is 5.91 Å². The molecule has 5 nitrogen and oxygen atoms in total. The Bertz CT molecular complexity index is 793. The number of amides is 2. The summed E-state index contributed by atoms with van der Waals surface area (Å²) >= 11 is 0. The molecule has 1 unspecified atom stereocenters. The Morgan fingerprint density at radius 2 is 1.89 bits per heavy atom. The molecule has 1 aromatic heterocycles. The van der Waals surface area contributed by atoms with Crippen molar-refractivity contribution in [2.45, 2.75) is 39.2 Å². The standard InChI is InChI=1S/C22H27N3O2/c1-6-19(26)25(18-12-10-17(11-13-18)22(3,4)5)20(21(27)24-7-2)16-9-8-14-23-15-16/h6,8-15,20H,1,7H2,2-5H3,(H,24,27). The van der Waals surface area contributed by atoms with Gasteiger partial charge in [-0.2, -0.15) is 0 Å². The normalized spacial score (nSPS) is 12.1. The van der Waals surface area contributed by atoms with E-state index in [1.54, 1.807) is 24.5 Å². The van der Waals surface area contributed by atoms with E-state index in [2.05, 4.69) is 37.7 Å². The highest BCUT2D eigenvalue weighted by atomic mass is 16.2. The highest BCUT2D eigenvalue weighted by Crippen LogP contribution is 2.30. The fourth-order valence-electron chi connectivity index (χ4n) is 2.85. The van der Waals surface area contributed by atoms with E-state index in [-0.39, 0.29) is 17.2 Å². The molecule has 2 aromatic rings. The van der Waals surface area contributed by atoms with Crippen LogP contribution in [0.4, 0.5) is 5.69 Å². The van der Waals surface area contributed by atoms with Crippen LogP contribution in [0.2, 0.25) is 0 Å². The van der Waals surface area contributed by atoms with Crippen LogP contribution in [0.3, 0.4) is 0 Å². The summed E-state index contributed by atoms with van der Waals surface area (Å²) in [5.74, 6) is -0.612. The number of rotatable bonds is 6. The van der Waals surface area contributed by atoms with Crippen molar-refractivity contribution in [3.05, 3.63) is 72.6 Å². The third kappa shape index (κ3) is 4.82. The molecule has 0 bridgehead atoms. The fraction of sp³-hybridized carbons (Fsp3) is 0.318. The van der Waals surface area contributed by atoms with Crippen LogP contribution in [0.5, 0.6) is 0 Å². The lowest BCUT2D eigenvalue weighted by atomic mass is 9.87. The minimum Gasteiger partial charge on any atom is -0.354 e. The lowest BCUT2D eigenvalue weighted by Crippen LogP contribution is -2.43. The average molecular weight is 365 g/mol. The number of likely N-dealkylation sites (N-methyl/N-ethyl adjacent to an activating group) is 1. The molecule has 1 heterocycles. The number of nitrogens with one attached hydrogen (secondary N) is 1. The first-order valence-corrected chi connectivity index (χ1v) is 9.03. The Morgan fingerprint density at radius 3 is 2.37 bits per heavy atom. The molecule has 0 spiro atoms. The van der Waals surface area contributed by atoms with Crippen LogP contribution in [0, 0.1) is 0 Å². The van der Waals surface area contributed by atoms with E-state index in [1.165, 1.54) is 11.0 Å². The van der Waals surface area contributed by atoms with Crippen LogP contribution in [0.1, 0.15) is 44.9 Å². The molecular weight excluding hydrogens is 338 g/mol. The number of carbonyl (C=O) groups excluding carboxylic acids is 2. The Morgan fingerprint density at radius 1 is 1.22 bits per heavy atom. The molecule has 0 aliphatic rings. The number of anilines is 1. The van der Waals surface area contributed by atoms with Crippen molar-refractivity contribution in [3.8, 4) is 0 Å². The van der Waals surface area contributed by atoms with Crippen molar-refractivity contribution >= 4 is 17.5 Å². The molecule has 142 valence electrons. The van der Waals surface area contributed by atoms with E-state index >= 15 is 0 Å². The van der Waals surface area contributed by atoms with Crippen molar-refractivity contribution in [3.63, 3.8) is 0 Å².